The summed E-state index contributed by atoms with van der Waals surface area (Å²) < 4.78 is 40.5. The van der Waals surface area contributed by atoms with E-state index in [1.165, 1.54) is 37.3 Å². The van der Waals surface area contributed by atoms with Crippen molar-refractivity contribution < 1.29 is 27.5 Å². The Kier molecular flexibility index (Phi) is 10.4. The number of nitrogens with one attached hydrogen (secondary N) is 1. The molecule has 208 valence electrons. The molecule has 0 aliphatic heterocycles. The van der Waals surface area contributed by atoms with Gasteiger partial charge in [-0.1, -0.05) is 46.3 Å². The van der Waals surface area contributed by atoms with Crippen LogP contribution in [-0.2, 0) is 26.2 Å². The topological polar surface area (TPSA) is 105 Å². The third kappa shape index (κ3) is 7.30. The van der Waals surface area contributed by atoms with Crippen LogP contribution in [0.3, 0.4) is 0 Å². The van der Waals surface area contributed by atoms with Gasteiger partial charge in [0, 0.05) is 23.6 Å². The Morgan fingerprint density at radius 1 is 0.974 bits per heavy atom. The fourth-order valence-electron chi connectivity index (χ4n) is 3.96. The highest BCUT2D eigenvalue weighted by Gasteiger charge is 2.34. The molecule has 0 spiro atoms. The molecule has 3 rings (SSSR count). The van der Waals surface area contributed by atoms with Crippen molar-refractivity contribution in [3.63, 3.8) is 0 Å². The number of hydrogen-bond donors (Lipinski definition) is 1. The predicted octanol–water partition coefficient (Wildman–Crippen LogP) is 4.22. The first-order chi connectivity index (χ1) is 18.6. The minimum atomic E-state index is -4.23. The zero-order valence-corrected chi connectivity index (χ0v) is 24.7. The Morgan fingerprint density at radius 3 is 2.31 bits per heavy atom. The highest BCUT2D eigenvalue weighted by atomic mass is 79.9. The van der Waals surface area contributed by atoms with Crippen LogP contribution in [0.4, 0.5) is 5.69 Å². The van der Waals surface area contributed by atoms with E-state index in [4.69, 9.17) is 9.47 Å². The van der Waals surface area contributed by atoms with E-state index < -0.39 is 28.5 Å². The van der Waals surface area contributed by atoms with Crippen LogP contribution in [0.5, 0.6) is 11.5 Å². The van der Waals surface area contributed by atoms with Crippen LogP contribution in [0.25, 0.3) is 0 Å². The summed E-state index contributed by atoms with van der Waals surface area (Å²) in [7, 11) is -1.36. The first-order valence-electron chi connectivity index (χ1n) is 12.2. The van der Waals surface area contributed by atoms with Gasteiger partial charge in [0.15, 0.2) is 0 Å². The van der Waals surface area contributed by atoms with Gasteiger partial charge < -0.3 is 19.7 Å². The Balaban J connectivity index is 2.11. The van der Waals surface area contributed by atoms with E-state index in [0.29, 0.717) is 12.3 Å². The third-order valence-electron chi connectivity index (χ3n) is 6.03. The number of anilines is 1. The molecule has 0 unspecified atom stereocenters. The summed E-state index contributed by atoms with van der Waals surface area (Å²) in [6, 6.07) is 19.0. The van der Waals surface area contributed by atoms with Crippen molar-refractivity contribution in [3.05, 3.63) is 82.8 Å². The lowest BCUT2D eigenvalue weighted by molar-refractivity contribution is -0.139. The molecule has 0 radical (unpaired) electrons. The van der Waals surface area contributed by atoms with Crippen molar-refractivity contribution in [2.45, 2.75) is 31.3 Å². The van der Waals surface area contributed by atoms with Gasteiger partial charge in [0.2, 0.25) is 11.8 Å². The van der Waals surface area contributed by atoms with Crippen molar-refractivity contribution in [3.8, 4) is 11.5 Å². The van der Waals surface area contributed by atoms with Crippen molar-refractivity contribution in [2.75, 3.05) is 31.6 Å². The maximum absolute atomic E-state index is 14.0. The first-order valence-corrected chi connectivity index (χ1v) is 14.5. The summed E-state index contributed by atoms with van der Waals surface area (Å²) in [5, 5.41) is 2.74. The molecule has 3 aromatic rings. The zero-order chi connectivity index (χ0) is 28.6. The van der Waals surface area contributed by atoms with Crippen LogP contribution in [0.1, 0.15) is 19.4 Å². The number of hydrogen-bond acceptors (Lipinski definition) is 6. The molecule has 0 bridgehead atoms. The molecule has 3 aromatic carbocycles. The molecule has 39 heavy (non-hydrogen) atoms. The van der Waals surface area contributed by atoms with Crippen molar-refractivity contribution in [2.24, 2.45) is 0 Å². The number of nitrogens with zero attached hydrogens (tertiary/aromatic N) is 2. The van der Waals surface area contributed by atoms with Gasteiger partial charge in [0.1, 0.15) is 24.1 Å². The molecule has 1 N–H and O–H groups in total. The standard InChI is InChI=1S/C28H32BrN3O6S/c1-5-30-28(34)20(2)31(18-21-10-9-11-22(29)16-21)27(33)19-32(39(35,36)24-12-7-6-8-13-24)25-17-23(37-3)14-15-26(25)38-4/h6-17,20H,5,18-19H2,1-4H3,(H,30,34)/t20-/m0/s1. The summed E-state index contributed by atoms with van der Waals surface area (Å²) in [6.45, 7) is 3.29. The molecule has 0 heterocycles. The lowest BCUT2D eigenvalue weighted by atomic mass is 10.1. The number of methoxy groups -OCH3 is 2. The normalized spacial score (nSPS) is 11.8. The highest BCUT2D eigenvalue weighted by Crippen LogP contribution is 2.36. The van der Waals surface area contributed by atoms with E-state index >= 15 is 0 Å². The molecule has 0 aliphatic carbocycles. The molecule has 0 saturated heterocycles. The van der Waals surface area contributed by atoms with Crippen molar-refractivity contribution in [1.29, 1.82) is 0 Å². The maximum Gasteiger partial charge on any atom is 0.264 e. The Bertz CT molecular complexity index is 1400. The Morgan fingerprint density at radius 2 is 1.69 bits per heavy atom. The second-order valence-electron chi connectivity index (χ2n) is 8.58. The van der Waals surface area contributed by atoms with Gasteiger partial charge >= 0.3 is 0 Å². The predicted molar refractivity (Wildman–Crippen MR) is 153 cm³/mol. The average molecular weight is 619 g/mol. The van der Waals surface area contributed by atoms with Gasteiger partial charge in [-0.05, 0) is 55.8 Å². The number of likely N-dealkylation sites (N-methyl/N-ethyl adjacent to an activating group) is 1. The van der Waals surface area contributed by atoms with E-state index in [2.05, 4.69) is 21.2 Å². The van der Waals surface area contributed by atoms with E-state index in [1.54, 1.807) is 44.2 Å². The highest BCUT2D eigenvalue weighted by molar-refractivity contribution is 9.10. The summed E-state index contributed by atoms with van der Waals surface area (Å²) >= 11 is 3.44. The number of carbonyl (C=O) groups excluding carboxylic acids is 2. The van der Waals surface area contributed by atoms with Crippen LogP contribution in [0.2, 0.25) is 0 Å². The Hall–Kier alpha value is -3.57. The van der Waals surface area contributed by atoms with Crippen LogP contribution in [-0.4, -0.2) is 58.5 Å². The number of ether oxygens (including phenoxy) is 2. The molecule has 2 amide bonds. The molecule has 0 aromatic heterocycles. The monoisotopic (exact) mass is 617 g/mol. The van der Waals surface area contributed by atoms with Crippen LogP contribution < -0.4 is 19.1 Å². The number of carbonyl (C=O) groups is 2. The molecule has 0 fully saturated rings. The van der Waals surface area contributed by atoms with Crippen LogP contribution in [0, 0.1) is 0 Å². The van der Waals surface area contributed by atoms with Gasteiger partial charge in [-0.15, -0.1) is 0 Å². The molecule has 0 aliphatic rings. The molecule has 0 saturated carbocycles. The largest absolute Gasteiger partial charge is 0.497 e. The van der Waals surface area contributed by atoms with Gasteiger partial charge in [-0.2, -0.15) is 0 Å². The second-order valence-corrected chi connectivity index (χ2v) is 11.4. The summed E-state index contributed by atoms with van der Waals surface area (Å²) in [6.07, 6.45) is 0. The third-order valence-corrected chi connectivity index (χ3v) is 8.29. The SMILES string of the molecule is CCNC(=O)[C@H](C)N(Cc1cccc(Br)c1)C(=O)CN(c1cc(OC)ccc1OC)S(=O)(=O)c1ccccc1. The Labute approximate surface area is 237 Å². The van der Waals surface area contributed by atoms with Gasteiger partial charge in [-0.3, -0.25) is 13.9 Å². The lowest BCUT2D eigenvalue weighted by Crippen LogP contribution is -2.51. The number of rotatable bonds is 12. The maximum atomic E-state index is 14.0. The lowest BCUT2D eigenvalue weighted by Gasteiger charge is -2.32. The number of sulfonamides is 1. The van der Waals surface area contributed by atoms with Gasteiger partial charge in [0.05, 0.1) is 24.8 Å². The fraction of sp³-hybridized carbons (Fsp3) is 0.286. The molecule has 1 atom stereocenters. The van der Waals surface area contributed by atoms with Crippen molar-refractivity contribution >= 4 is 43.5 Å². The van der Waals surface area contributed by atoms with E-state index in [1.807, 2.05) is 24.3 Å². The van der Waals surface area contributed by atoms with Crippen molar-refractivity contribution in [1.82, 2.24) is 10.2 Å². The fourth-order valence-corrected chi connectivity index (χ4v) is 5.85. The van der Waals surface area contributed by atoms with E-state index in [9.17, 15) is 18.0 Å². The van der Waals surface area contributed by atoms with Gasteiger partial charge in [0.25, 0.3) is 10.0 Å². The first kappa shape index (κ1) is 30.0. The summed E-state index contributed by atoms with van der Waals surface area (Å²) in [4.78, 5) is 28.1. The van der Waals surface area contributed by atoms with E-state index in [-0.39, 0.29) is 28.8 Å². The minimum Gasteiger partial charge on any atom is -0.497 e. The van der Waals surface area contributed by atoms with Crippen LogP contribution in [0.15, 0.2) is 82.2 Å². The molecular formula is C28H32BrN3O6S. The quantitative estimate of drug-likeness (QED) is 0.326. The molecule has 11 heteroatoms. The summed E-state index contributed by atoms with van der Waals surface area (Å²) in [5.74, 6) is -0.304. The number of amides is 2. The van der Waals surface area contributed by atoms with Crippen LogP contribution >= 0.6 is 15.9 Å². The molecule has 9 nitrogen and oxygen atoms in total. The number of halogens is 1. The minimum absolute atomic E-state index is 0.00186. The second kappa shape index (κ2) is 13.5. The number of benzene rings is 3. The average Bonchev–Trinajstić information content (AvgIpc) is 2.94. The smallest absolute Gasteiger partial charge is 0.264 e. The zero-order valence-electron chi connectivity index (χ0n) is 22.3. The van der Waals surface area contributed by atoms with E-state index in [0.717, 1.165) is 14.3 Å². The summed E-state index contributed by atoms with van der Waals surface area (Å²) in [5.41, 5.74) is 0.896. The molecular weight excluding hydrogens is 586 g/mol. The van der Waals surface area contributed by atoms with Gasteiger partial charge in [-0.25, -0.2) is 8.42 Å².